The molecule has 0 amide bonds. The second-order valence-electron chi connectivity index (χ2n) is 1.33. The van der Waals surface area contributed by atoms with Crippen LogP contribution in [0.3, 0.4) is 0 Å². The Morgan fingerprint density at radius 1 is 1.71 bits per heavy atom. The van der Waals surface area contributed by atoms with Gasteiger partial charge in [0.25, 0.3) is 0 Å². The molecule has 2 unspecified atom stereocenters. The molecule has 0 aromatic carbocycles. The first-order chi connectivity index (χ1) is 3.27. The van der Waals surface area contributed by atoms with Gasteiger partial charge in [0, 0.05) is 0 Å². The Balaban J connectivity index is 2.82. The van der Waals surface area contributed by atoms with E-state index in [4.69, 9.17) is 0 Å². The van der Waals surface area contributed by atoms with Gasteiger partial charge in [-0.3, -0.25) is 0 Å². The first-order valence-corrected chi connectivity index (χ1v) is 5.62. The van der Waals surface area contributed by atoms with Crippen LogP contribution in [-0.4, -0.2) is 17.6 Å². The molecule has 0 aliphatic carbocycles. The second-order valence-corrected chi connectivity index (χ2v) is 5.81. The maximum absolute atomic E-state index is 3.45. The van der Waals surface area contributed by atoms with Gasteiger partial charge < -0.3 is 0 Å². The van der Waals surface area contributed by atoms with Crippen molar-refractivity contribution in [2.45, 2.75) is 6.92 Å². The summed E-state index contributed by atoms with van der Waals surface area (Å²) in [5.41, 5.74) is 0. The molecule has 42 valence electrons. The fourth-order valence-electron chi connectivity index (χ4n) is 0.221. The second kappa shape index (κ2) is 5.17. The average Bonchev–Trinajstić information content (AvgIpc) is 1.61. The smallest absolute Gasteiger partial charge is 0.0138 e. The monoisotopic (exact) mass is 152 g/mol. The van der Waals surface area contributed by atoms with E-state index in [1.54, 1.807) is 0 Å². The Morgan fingerprint density at radius 3 is 2.43 bits per heavy atom. The van der Waals surface area contributed by atoms with E-state index in [9.17, 15) is 0 Å². The molecule has 0 aromatic rings. The molecule has 0 aromatic heterocycles. The van der Waals surface area contributed by atoms with Gasteiger partial charge in [-0.15, -0.1) is 17.4 Å². The molecule has 0 spiro atoms. The number of hydrogen-bond acceptors (Lipinski definition) is 0. The van der Waals surface area contributed by atoms with Crippen LogP contribution in [0.15, 0.2) is 0 Å². The van der Waals surface area contributed by atoms with Crippen molar-refractivity contribution >= 4 is 31.1 Å². The normalized spacial score (nSPS) is 12.3. The Labute approximate surface area is 51.3 Å². The molecule has 7 heavy (non-hydrogen) atoms. The molecular weight excluding hydrogens is 141 g/mol. The predicted octanol–water partition coefficient (Wildman–Crippen LogP) is 2.22. The molecule has 0 rings (SSSR count). The van der Waals surface area contributed by atoms with Gasteiger partial charge >= 0.3 is 0 Å². The highest BCUT2D eigenvalue weighted by atomic mass is 31.1. The molecule has 0 aliphatic rings. The van der Waals surface area contributed by atoms with Gasteiger partial charge in [-0.2, -0.15) is 0 Å². The summed E-state index contributed by atoms with van der Waals surface area (Å²) in [6.07, 6.45) is 0. The maximum atomic E-state index is 3.45. The van der Waals surface area contributed by atoms with Crippen LogP contribution in [-0.2, 0) is 0 Å². The van der Waals surface area contributed by atoms with Crippen molar-refractivity contribution in [1.29, 1.82) is 0 Å². The molecule has 0 aliphatic heterocycles. The molecule has 0 fully saturated rings. The van der Waals surface area contributed by atoms with E-state index < -0.39 is 0 Å². The van der Waals surface area contributed by atoms with Gasteiger partial charge in [0.15, 0.2) is 0 Å². The van der Waals surface area contributed by atoms with Crippen LogP contribution in [0.1, 0.15) is 6.92 Å². The summed E-state index contributed by atoms with van der Waals surface area (Å²) in [4.78, 5) is 0. The first kappa shape index (κ1) is 8.03. The van der Waals surface area contributed by atoms with E-state index in [1.165, 1.54) is 10.9 Å². The number of rotatable bonds is 3. The topological polar surface area (TPSA) is 0 Å². The van der Waals surface area contributed by atoms with Crippen LogP contribution in [0.25, 0.3) is 0 Å². The van der Waals surface area contributed by atoms with Crippen LogP contribution in [0, 0.1) is 0 Å². The third-order valence-electron chi connectivity index (χ3n) is 0.530. The van der Waals surface area contributed by atoms with Crippen molar-refractivity contribution in [3.8, 4) is 0 Å². The highest BCUT2D eigenvalue weighted by Gasteiger charge is 1.80. The van der Waals surface area contributed by atoms with E-state index in [-0.39, 0.29) is 0 Å². The van der Waals surface area contributed by atoms with Gasteiger partial charge in [-0.25, -0.2) is 0 Å². The lowest BCUT2D eigenvalue weighted by molar-refractivity contribution is 2.08. The van der Waals surface area contributed by atoms with Gasteiger partial charge in [0.1, 0.15) is 0 Å². The van der Waals surface area contributed by atoms with Crippen LogP contribution < -0.4 is 0 Å². The quantitative estimate of drug-likeness (QED) is 0.544. The van der Waals surface area contributed by atoms with E-state index in [0.717, 1.165) is 17.2 Å². The highest BCUT2D eigenvalue weighted by molar-refractivity contribution is 7.74. The lowest BCUT2D eigenvalue weighted by Crippen LogP contribution is -1.69. The Hall–Kier alpha value is 1.03. The Morgan fingerprint density at radius 2 is 2.29 bits per heavy atom. The van der Waals surface area contributed by atoms with Gasteiger partial charge in [0.2, 0.25) is 0 Å². The summed E-state index contributed by atoms with van der Waals surface area (Å²) >= 11 is 0. The maximum Gasteiger partial charge on any atom is -0.0138 e. The SMILES string of the molecule is CPCPC(C)=P. The molecule has 0 saturated heterocycles. The van der Waals surface area contributed by atoms with Crippen molar-refractivity contribution < 1.29 is 0 Å². The van der Waals surface area contributed by atoms with Crippen LogP contribution >= 0.6 is 26.0 Å². The van der Waals surface area contributed by atoms with Crippen molar-refractivity contribution in [3.63, 3.8) is 0 Å². The van der Waals surface area contributed by atoms with E-state index in [1.807, 2.05) is 0 Å². The number of hydrogen-bond donors (Lipinski definition) is 0. The minimum absolute atomic E-state index is 1.03. The summed E-state index contributed by atoms with van der Waals surface area (Å²) in [5.74, 6) is 1.37. The molecule has 0 radical (unpaired) electrons. The van der Waals surface area contributed by atoms with Crippen molar-refractivity contribution in [3.05, 3.63) is 0 Å². The summed E-state index contributed by atoms with van der Waals surface area (Å²) in [6.45, 7) is 4.36. The first-order valence-electron chi connectivity index (χ1n) is 2.21. The summed E-state index contributed by atoms with van der Waals surface area (Å²) in [6, 6.07) is 0. The van der Waals surface area contributed by atoms with Crippen LogP contribution in [0.4, 0.5) is 0 Å². The zero-order valence-electron chi connectivity index (χ0n) is 4.71. The standard InChI is InChI=1S/C4H11P3/c1-4(5)7-3-6-2/h5-7H,3H2,1-2H3. The third kappa shape index (κ3) is 7.03. The zero-order chi connectivity index (χ0) is 5.70. The molecule has 0 N–H and O–H groups in total. The fourth-order valence-corrected chi connectivity index (χ4v) is 2.78. The molecule has 0 bridgehead atoms. The van der Waals surface area contributed by atoms with Gasteiger partial charge in [-0.05, 0) is 24.5 Å². The summed E-state index contributed by atoms with van der Waals surface area (Å²) in [5, 5.41) is 1.40. The third-order valence-corrected chi connectivity index (χ3v) is 3.71. The molecule has 2 atom stereocenters. The van der Waals surface area contributed by atoms with Gasteiger partial charge in [0.05, 0.1) is 0 Å². The largest absolute Gasteiger partial charge is 0.121 e. The van der Waals surface area contributed by atoms with Crippen molar-refractivity contribution in [2.24, 2.45) is 0 Å². The van der Waals surface area contributed by atoms with E-state index in [2.05, 4.69) is 22.5 Å². The average molecular weight is 152 g/mol. The predicted molar refractivity (Wildman–Crippen MR) is 46.4 cm³/mol. The Bertz CT molecular complexity index is 60.0. The molecular formula is C4H11P3. The van der Waals surface area contributed by atoms with E-state index >= 15 is 0 Å². The lowest BCUT2D eigenvalue weighted by Gasteiger charge is -1.92. The van der Waals surface area contributed by atoms with Crippen molar-refractivity contribution in [1.82, 2.24) is 0 Å². The minimum Gasteiger partial charge on any atom is -0.121 e. The molecule has 3 heteroatoms. The van der Waals surface area contributed by atoms with Crippen molar-refractivity contribution in [2.75, 3.05) is 12.6 Å². The fraction of sp³-hybridized carbons (Fsp3) is 0.750. The molecule has 0 heterocycles. The zero-order valence-corrected chi connectivity index (χ0v) is 7.71. The molecule has 0 saturated carbocycles. The molecule has 0 nitrogen and oxygen atoms in total. The lowest BCUT2D eigenvalue weighted by atomic mass is 11.0. The van der Waals surface area contributed by atoms with Gasteiger partial charge in [-0.1, -0.05) is 8.58 Å². The summed E-state index contributed by atoms with van der Waals surface area (Å²) in [7, 11) is 5.60. The summed E-state index contributed by atoms with van der Waals surface area (Å²) < 4.78 is 0. The van der Waals surface area contributed by atoms with Crippen LogP contribution in [0.2, 0.25) is 0 Å². The van der Waals surface area contributed by atoms with Crippen LogP contribution in [0.5, 0.6) is 0 Å². The minimum atomic E-state index is 1.03. The van der Waals surface area contributed by atoms with E-state index in [0.29, 0.717) is 0 Å². The Kier molecular flexibility index (Phi) is 5.93. The highest BCUT2D eigenvalue weighted by Crippen LogP contribution is 2.22.